The molecule has 0 radical (unpaired) electrons. The van der Waals surface area contributed by atoms with Crippen LogP contribution in [0.15, 0.2) is 48.7 Å². The van der Waals surface area contributed by atoms with Gasteiger partial charge in [-0.3, -0.25) is 14.8 Å². The summed E-state index contributed by atoms with van der Waals surface area (Å²) in [7, 11) is 0. The van der Waals surface area contributed by atoms with Crippen molar-refractivity contribution in [3.8, 4) is 11.3 Å². The smallest absolute Gasteiger partial charge is 0.250 e. The Balaban J connectivity index is 2.35. The lowest BCUT2D eigenvalue weighted by Crippen LogP contribution is -2.13. The Hall–Kier alpha value is -2.75. The van der Waals surface area contributed by atoms with E-state index < -0.39 is 5.91 Å². The lowest BCUT2D eigenvalue weighted by Gasteiger charge is -2.09. The van der Waals surface area contributed by atoms with Crippen molar-refractivity contribution in [1.82, 2.24) is 9.97 Å². The highest BCUT2D eigenvalue weighted by atomic mass is 16.1. The number of benzene rings is 1. The van der Waals surface area contributed by atoms with Gasteiger partial charge in [0, 0.05) is 22.8 Å². The molecule has 3 aromatic rings. The molecule has 4 nitrogen and oxygen atoms in total. The van der Waals surface area contributed by atoms with Gasteiger partial charge in [-0.1, -0.05) is 24.3 Å². The van der Waals surface area contributed by atoms with Gasteiger partial charge in [-0.2, -0.15) is 0 Å². The first-order valence-electron chi connectivity index (χ1n) is 6.28. The number of nitrogens with zero attached hydrogens (tertiary/aromatic N) is 2. The van der Waals surface area contributed by atoms with Gasteiger partial charge in [-0.05, 0) is 25.1 Å². The van der Waals surface area contributed by atoms with Crippen molar-refractivity contribution in [2.75, 3.05) is 0 Å². The average Bonchev–Trinajstić information content (AvgIpc) is 2.46. The Morgan fingerprint density at radius 1 is 1.10 bits per heavy atom. The summed E-state index contributed by atoms with van der Waals surface area (Å²) in [5.74, 6) is -0.488. The zero-order valence-electron chi connectivity index (χ0n) is 11.0. The molecule has 0 aliphatic rings. The van der Waals surface area contributed by atoms with Crippen LogP contribution < -0.4 is 5.73 Å². The summed E-state index contributed by atoms with van der Waals surface area (Å²) in [5.41, 5.74) is 8.97. The number of amides is 1. The number of aromatic nitrogens is 2. The van der Waals surface area contributed by atoms with Crippen LogP contribution in [-0.4, -0.2) is 15.9 Å². The van der Waals surface area contributed by atoms with Gasteiger partial charge in [-0.25, -0.2) is 0 Å². The molecule has 20 heavy (non-hydrogen) atoms. The van der Waals surface area contributed by atoms with Gasteiger partial charge in [0.2, 0.25) is 0 Å². The van der Waals surface area contributed by atoms with Crippen molar-refractivity contribution >= 4 is 16.8 Å². The van der Waals surface area contributed by atoms with Crippen molar-refractivity contribution in [2.24, 2.45) is 5.73 Å². The Bertz CT molecular complexity index is 812. The molecular formula is C16H13N3O. The second-order valence-corrected chi connectivity index (χ2v) is 4.59. The average molecular weight is 263 g/mol. The minimum atomic E-state index is -0.488. The molecule has 0 bridgehead atoms. The number of rotatable bonds is 2. The molecular weight excluding hydrogens is 250 g/mol. The fraction of sp³-hybridized carbons (Fsp3) is 0.0625. The predicted molar refractivity (Wildman–Crippen MR) is 78.2 cm³/mol. The number of hydrogen-bond donors (Lipinski definition) is 1. The minimum absolute atomic E-state index is 0.406. The highest BCUT2D eigenvalue weighted by Gasteiger charge is 2.14. The number of hydrogen-bond acceptors (Lipinski definition) is 3. The number of nitrogens with two attached hydrogens (primary N) is 1. The number of para-hydroxylation sites is 1. The number of aryl methyl sites for hydroxylation is 1. The number of primary amides is 1. The number of carbonyl (C=O) groups excluding carboxylic acids is 1. The van der Waals surface area contributed by atoms with E-state index in [-0.39, 0.29) is 0 Å². The van der Waals surface area contributed by atoms with Gasteiger partial charge in [0.05, 0.1) is 16.8 Å². The molecule has 2 aromatic heterocycles. The maximum Gasteiger partial charge on any atom is 0.250 e. The third-order valence-electron chi connectivity index (χ3n) is 3.19. The lowest BCUT2D eigenvalue weighted by molar-refractivity contribution is 0.100. The molecule has 0 spiro atoms. The summed E-state index contributed by atoms with van der Waals surface area (Å²) in [6.45, 7) is 1.93. The molecule has 0 saturated carbocycles. The van der Waals surface area contributed by atoms with Gasteiger partial charge < -0.3 is 5.73 Å². The first-order chi connectivity index (χ1) is 9.66. The molecule has 0 unspecified atom stereocenters. The summed E-state index contributed by atoms with van der Waals surface area (Å²) in [4.78, 5) is 20.4. The van der Waals surface area contributed by atoms with Crippen LogP contribution in [0, 0.1) is 6.92 Å². The molecule has 1 amide bonds. The second kappa shape index (κ2) is 4.74. The van der Waals surface area contributed by atoms with Crippen LogP contribution in [0.2, 0.25) is 0 Å². The van der Waals surface area contributed by atoms with Crippen LogP contribution in [0.25, 0.3) is 22.2 Å². The topological polar surface area (TPSA) is 68.9 Å². The van der Waals surface area contributed by atoms with Crippen LogP contribution in [0.5, 0.6) is 0 Å². The summed E-state index contributed by atoms with van der Waals surface area (Å²) in [5, 5.41) is 1.01. The zero-order chi connectivity index (χ0) is 14.1. The van der Waals surface area contributed by atoms with Gasteiger partial charge in [0.1, 0.15) is 0 Å². The standard InChI is InChI=1S/C16H13N3O/c1-10-7-8-11-4-2-5-12(14(11)19-10)15-13(16(17)20)6-3-9-18-15/h2-9H,1H3,(H2,17,20). The Morgan fingerprint density at radius 2 is 1.95 bits per heavy atom. The zero-order valence-corrected chi connectivity index (χ0v) is 11.0. The van der Waals surface area contributed by atoms with Gasteiger partial charge >= 0.3 is 0 Å². The molecule has 4 heteroatoms. The van der Waals surface area contributed by atoms with E-state index in [4.69, 9.17) is 5.73 Å². The largest absolute Gasteiger partial charge is 0.366 e. The Labute approximate surface area is 116 Å². The number of carbonyl (C=O) groups is 1. The van der Waals surface area contributed by atoms with E-state index >= 15 is 0 Å². The van der Waals surface area contributed by atoms with E-state index in [0.29, 0.717) is 11.3 Å². The number of pyridine rings is 2. The molecule has 0 aliphatic carbocycles. The summed E-state index contributed by atoms with van der Waals surface area (Å²) in [6.07, 6.45) is 1.65. The van der Waals surface area contributed by atoms with Crippen LogP contribution >= 0.6 is 0 Å². The molecule has 2 N–H and O–H groups in total. The van der Waals surface area contributed by atoms with E-state index in [0.717, 1.165) is 22.2 Å². The summed E-state index contributed by atoms with van der Waals surface area (Å²) >= 11 is 0. The van der Waals surface area contributed by atoms with Crippen LogP contribution in [-0.2, 0) is 0 Å². The van der Waals surface area contributed by atoms with E-state index in [1.54, 1.807) is 18.3 Å². The van der Waals surface area contributed by atoms with E-state index in [2.05, 4.69) is 9.97 Å². The fourth-order valence-corrected chi connectivity index (χ4v) is 2.25. The normalized spacial score (nSPS) is 10.7. The van der Waals surface area contributed by atoms with E-state index in [1.807, 2.05) is 37.3 Å². The molecule has 0 saturated heterocycles. The predicted octanol–water partition coefficient (Wildman–Crippen LogP) is 2.70. The first kappa shape index (κ1) is 12.3. The molecule has 0 atom stereocenters. The van der Waals surface area contributed by atoms with Crippen molar-refractivity contribution in [3.63, 3.8) is 0 Å². The highest BCUT2D eigenvalue weighted by Crippen LogP contribution is 2.28. The SMILES string of the molecule is Cc1ccc2cccc(-c3ncccc3C(N)=O)c2n1. The molecule has 98 valence electrons. The third kappa shape index (κ3) is 2.01. The third-order valence-corrected chi connectivity index (χ3v) is 3.19. The van der Waals surface area contributed by atoms with Gasteiger partial charge in [-0.15, -0.1) is 0 Å². The molecule has 2 heterocycles. The van der Waals surface area contributed by atoms with Gasteiger partial charge in [0.15, 0.2) is 0 Å². The molecule has 0 fully saturated rings. The molecule has 0 aliphatic heterocycles. The minimum Gasteiger partial charge on any atom is -0.366 e. The quantitative estimate of drug-likeness (QED) is 0.772. The van der Waals surface area contributed by atoms with Gasteiger partial charge in [0.25, 0.3) is 5.91 Å². The summed E-state index contributed by atoms with van der Waals surface area (Å²) < 4.78 is 0. The molecule has 1 aromatic carbocycles. The maximum atomic E-state index is 11.6. The van der Waals surface area contributed by atoms with E-state index in [9.17, 15) is 4.79 Å². The summed E-state index contributed by atoms with van der Waals surface area (Å²) in [6, 6.07) is 13.2. The van der Waals surface area contributed by atoms with Crippen molar-refractivity contribution in [2.45, 2.75) is 6.92 Å². The van der Waals surface area contributed by atoms with Crippen LogP contribution in [0.4, 0.5) is 0 Å². The van der Waals surface area contributed by atoms with Crippen molar-refractivity contribution in [3.05, 3.63) is 59.9 Å². The lowest BCUT2D eigenvalue weighted by atomic mass is 10.0. The first-order valence-corrected chi connectivity index (χ1v) is 6.28. The highest BCUT2D eigenvalue weighted by molar-refractivity contribution is 6.03. The van der Waals surface area contributed by atoms with Crippen molar-refractivity contribution in [1.29, 1.82) is 0 Å². The Kier molecular flexibility index (Phi) is 2.91. The molecule has 3 rings (SSSR count). The van der Waals surface area contributed by atoms with Crippen molar-refractivity contribution < 1.29 is 4.79 Å². The van der Waals surface area contributed by atoms with Crippen LogP contribution in [0.3, 0.4) is 0 Å². The Morgan fingerprint density at radius 3 is 2.75 bits per heavy atom. The van der Waals surface area contributed by atoms with Crippen LogP contribution in [0.1, 0.15) is 16.1 Å². The maximum absolute atomic E-state index is 11.6. The second-order valence-electron chi connectivity index (χ2n) is 4.59. The monoisotopic (exact) mass is 263 g/mol. The number of fused-ring (bicyclic) bond motifs is 1. The fourth-order valence-electron chi connectivity index (χ4n) is 2.25. The van der Waals surface area contributed by atoms with E-state index in [1.165, 1.54) is 0 Å².